The van der Waals surface area contributed by atoms with Gasteiger partial charge in [-0.3, -0.25) is 10.1 Å². The van der Waals surface area contributed by atoms with Crippen molar-refractivity contribution in [1.29, 1.82) is 0 Å². The number of H-pyrrole nitrogens is 2. The van der Waals surface area contributed by atoms with Gasteiger partial charge in [-0.1, -0.05) is 18.2 Å². The topological polar surface area (TPSA) is 112 Å². The van der Waals surface area contributed by atoms with Crippen LogP contribution in [0.25, 0.3) is 55.8 Å². The van der Waals surface area contributed by atoms with E-state index in [9.17, 15) is 4.39 Å². The maximum absolute atomic E-state index is 14.2. The first-order valence-electron chi connectivity index (χ1n) is 12.1. The second kappa shape index (κ2) is 8.21. The van der Waals surface area contributed by atoms with Crippen molar-refractivity contribution in [1.82, 2.24) is 30.1 Å². The maximum Gasteiger partial charge on any atom is 0.147 e. The Morgan fingerprint density at radius 2 is 1.86 bits per heavy atom. The highest BCUT2D eigenvalue weighted by atomic mass is 19.1. The van der Waals surface area contributed by atoms with Gasteiger partial charge >= 0.3 is 0 Å². The van der Waals surface area contributed by atoms with Crippen molar-refractivity contribution in [2.75, 3.05) is 18.0 Å². The average Bonchev–Trinajstić information content (AvgIpc) is 3.49. The van der Waals surface area contributed by atoms with E-state index in [4.69, 9.17) is 15.7 Å². The number of fused-ring (bicyclic) bond motifs is 2. The minimum atomic E-state index is -0.248. The van der Waals surface area contributed by atoms with E-state index in [1.807, 2.05) is 49.4 Å². The zero-order valence-electron chi connectivity index (χ0n) is 20.0. The molecule has 4 N–H and O–H groups in total. The molecule has 0 unspecified atom stereocenters. The first-order valence-corrected chi connectivity index (χ1v) is 12.1. The number of aromatic amines is 2. The molecular formula is C28H23FN8. The van der Waals surface area contributed by atoms with Crippen LogP contribution in [0.15, 0.2) is 67.0 Å². The molecule has 5 heterocycles. The van der Waals surface area contributed by atoms with Crippen molar-refractivity contribution < 1.29 is 4.39 Å². The Bertz CT molecular complexity index is 1780. The van der Waals surface area contributed by atoms with Crippen LogP contribution in [-0.4, -0.2) is 49.3 Å². The van der Waals surface area contributed by atoms with E-state index in [1.54, 1.807) is 18.5 Å². The Labute approximate surface area is 211 Å². The normalized spacial score (nSPS) is 14.0. The lowest BCUT2D eigenvalue weighted by Crippen LogP contribution is -2.56. The summed E-state index contributed by atoms with van der Waals surface area (Å²) in [7, 11) is 0. The molecular weight excluding hydrogens is 467 g/mol. The summed E-state index contributed by atoms with van der Waals surface area (Å²) in [4.78, 5) is 19.6. The number of hydrogen-bond donors (Lipinski definition) is 3. The zero-order chi connectivity index (χ0) is 25.1. The van der Waals surface area contributed by atoms with Gasteiger partial charge in [-0.15, -0.1) is 0 Å². The Morgan fingerprint density at radius 3 is 2.70 bits per heavy atom. The fraction of sp³-hybridized carbons (Fsp3) is 0.143. The Kier molecular flexibility index (Phi) is 4.80. The average molecular weight is 491 g/mol. The third kappa shape index (κ3) is 3.71. The minimum absolute atomic E-state index is 0.176. The summed E-state index contributed by atoms with van der Waals surface area (Å²) >= 11 is 0. The van der Waals surface area contributed by atoms with Gasteiger partial charge in [0.1, 0.15) is 28.5 Å². The number of nitrogens with two attached hydrogens (primary N) is 1. The van der Waals surface area contributed by atoms with Crippen molar-refractivity contribution in [2.24, 2.45) is 5.73 Å². The summed E-state index contributed by atoms with van der Waals surface area (Å²) in [6.45, 7) is 3.44. The van der Waals surface area contributed by atoms with E-state index in [1.165, 1.54) is 6.07 Å². The van der Waals surface area contributed by atoms with Gasteiger partial charge in [-0.2, -0.15) is 5.10 Å². The lowest BCUT2D eigenvalue weighted by Gasteiger charge is -2.37. The molecule has 6 aromatic rings. The van der Waals surface area contributed by atoms with Crippen LogP contribution in [0.1, 0.15) is 5.56 Å². The van der Waals surface area contributed by atoms with E-state index in [0.717, 1.165) is 63.2 Å². The van der Waals surface area contributed by atoms with Crippen molar-refractivity contribution >= 4 is 27.8 Å². The Hall–Kier alpha value is -4.63. The Balaban J connectivity index is 1.31. The predicted octanol–water partition coefficient (Wildman–Crippen LogP) is 4.83. The molecule has 1 fully saturated rings. The van der Waals surface area contributed by atoms with Crippen LogP contribution in [-0.2, 0) is 0 Å². The van der Waals surface area contributed by atoms with Gasteiger partial charge in [0.25, 0.3) is 0 Å². The van der Waals surface area contributed by atoms with Gasteiger partial charge < -0.3 is 15.6 Å². The highest BCUT2D eigenvalue weighted by molar-refractivity contribution is 6.00. The summed E-state index contributed by atoms with van der Waals surface area (Å²) in [5.74, 6) is 0.547. The number of hydrogen-bond acceptors (Lipinski definition) is 6. The zero-order valence-corrected chi connectivity index (χ0v) is 20.0. The summed E-state index contributed by atoms with van der Waals surface area (Å²) in [5, 5.41) is 8.64. The second-order valence-corrected chi connectivity index (χ2v) is 9.56. The molecule has 0 spiro atoms. The van der Waals surface area contributed by atoms with Gasteiger partial charge in [0.05, 0.1) is 29.3 Å². The fourth-order valence-corrected chi connectivity index (χ4v) is 4.99. The van der Waals surface area contributed by atoms with E-state index < -0.39 is 0 Å². The third-order valence-corrected chi connectivity index (χ3v) is 6.80. The number of aryl methyl sites for hydroxylation is 1. The van der Waals surface area contributed by atoms with E-state index in [0.29, 0.717) is 17.1 Å². The molecule has 0 atom stereocenters. The minimum Gasteiger partial charge on any atom is -0.353 e. The first kappa shape index (κ1) is 21.6. The van der Waals surface area contributed by atoms with Crippen LogP contribution in [0, 0.1) is 12.7 Å². The van der Waals surface area contributed by atoms with Gasteiger partial charge in [-0.25, -0.2) is 14.4 Å². The number of benzene rings is 2. The van der Waals surface area contributed by atoms with Crippen LogP contribution in [0.2, 0.25) is 0 Å². The summed E-state index contributed by atoms with van der Waals surface area (Å²) < 4.78 is 14.2. The number of rotatable bonds is 4. The molecule has 9 heteroatoms. The number of nitrogens with one attached hydrogen (secondary N) is 2. The molecule has 2 aromatic carbocycles. The molecule has 7 rings (SSSR count). The number of anilines is 1. The van der Waals surface area contributed by atoms with Crippen molar-refractivity contribution in [2.45, 2.75) is 13.0 Å². The summed E-state index contributed by atoms with van der Waals surface area (Å²) in [6.07, 6.45) is 3.46. The molecule has 182 valence electrons. The van der Waals surface area contributed by atoms with Crippen LogP contribution >= 0.6 is 0 Å². The van der Waals surface area contributed by atoms with E-state index in [2.05, 4.69) is 25.1 Å². The number of aromatic nitrogens is 6. The van der Waals surface area contributed by atoms with Gasteiger partial charge in [0.15, 0.2) is 0 Å². The summed E-state index contributed by atoms with van der Waals surface area (Å²) in [6, 6.07) is 17.1. The monoisotopic (exact) mass is 490 g/mol. The molecule has 1 saturated heterocycles. The van der Waals surface area contributed by atoms with E-state index in [-0.39, 0.29) is 11.9 Å². The predicted molar refractivity (Wildman–Crippen MR) is 143 cm³/mol. The molecule has 0 bridgehead atoms. The van der Waals surface area contributed by atoms with Crippen LogP contribution in [0.5, 0.6) is 0 Å². The molecule has 1 aliphatic rings. The SMILES string of the molecule is Cc1cc(F)cc(-c2cccc3[nH]c(-c4n[nH]c5ccc(-c6cncc(N7CC(N)C7)n6)nc45)cc23)c1. The third-order valence-electron chi connectivity index (χ3n) is 6.80. The van der Waals surface area contributed by atoms with Gasteiger partial charge in [0.2, 0.25) is 0 Å². The van der Waals surface area contributed by atoms with Gasteiger partial charge in [0, 0.05) is 30.0 Å². The van der Waals surface area contributed by atoms with E-state index >= 15 is 0 Å². The highest BCUT2D eigenvalue weighted by Crippen LogP contribution is 2.34. The Morgan fingerprint density at radius 1 is 0.973 bits per heavy atom. The first-order chi connectivity index (χ1) is 18.0. The van der Waals surface area contributed by atoms with Gasteiger partial charge in [-0.05, 0) is 60.0 Å². The lowest BCUT2D eigenvalue weighted by atomic mass is 10.00. The maximum atomic E-state index is 14.2. The molecule has 1 aliphatic heterocycles. The number of pyridine rings is 1. The van der Waals surface area contributed by atoms with Crippen LogP contribution < -0.4 is 10.6 Å². The second-order valence-electron chi connectivity index (χ2n) is 9.56. The molecule has 0 aliphatic carbocycles. The molecule has 8 nitrogen and oxygen atoms in total. The summed E-state index contributed by atoms with van der Waals surface area (Å²) in [5.41, 5.74) is 14.0. The lowest BCUT2D eigenvalue weighted by molar-refractivity contribution is 0.514. The standard InChI is InChI=1S/C28H23FN8/c1-15-7-16(9-17(29)8-15)19-3-2-4-21-20(19)10-24(32-21)28-27-23(35-36-28)6-5-22(34-27)25-11-31-12-26(33-25)37-13-18(30)14-37/h2-12,18,32H,13-14,30H2,1H3,(H,35,36). The number of halogens is 1. The quantitative estimate of drug-likeness (QED) is 0.326. The van der Waals surface area contributed by atoms with Crippen molar-refractivity contribution in [3.05, 3.63) is 78.4 Å². The van der Waals surface area contributed by atoms with Crippen LogP contribution in [0.3, 0.4) is 0 Å². The molecule has 0 amide bonds. The molecule has 0 saturated carbocycles. The molecule has 0 radical (unpaired) electrons. The fourth-order valence-electron chi connectivity index (χ4n) is 4.99. The van der Waals surface area contributed by atoms with Crippen molar-refractivity contribution in [3.63, 3.8) is 0 Å². The largest absolute Gasteiger partial charge is 0.353 e. The molecule has 37 heavy (non-hydrogen) atoms. The van der Waals surface area contributed by atoms with Crippen LogP contribution in [0.4, 0.5) is 10.2 Å². The number of nitrogens with zero attached hydrogens (tertiary/aromatic N) is 5. The van der Waals surface area contributed by atoms with Crippen molar-refractivity contribution in [3.8, 4) is 33.9 Å². The highest BCUT2D eigenvalue weighted by Gasteiger charge is 2.25. The molecule has 4 aromatic heterocycles. The smallest absolute Gasteiger partial charge is 0.147 e.